The third kappa shape index (κ3) is 5.07. The molecule has 0 saturated carbocycles. The Balaban J connectivity index is 1.69. The van der Waals surface area contributed by atoms with Crippen molar-refractivity contribution in [3.8, 4) is 0 Å². The summed E-state index contributed by atoms with van der Waals surface area (Å²) < 4.78 is 10.2. The summed E-state index contributed by atoms with van der Waals surface area (Å²) in [7, 11) is 0. The van der Waals surface area contributed by atoms with Crippen LogP contribution in [0.25, 0.3) is 0 Å². The topological polar surface area (TPSA) is 76.7 Å². The fourth-order valence-electron chi connectivity index (χ4n) is 1.98. The van der Waals surface area contributed by atoms with Crippen LogP contribution in [0.15, 0.2) is 30.3 Å². The lowest BCUT2D eigenvalue weighted by Gasteiger charge is -2.16. The first-order valence-corrected chi connectivity index (χ1v) is 7.00. The molecular formula is C15H20N2O4. The summed E-state index contributed by atoms with van der Waals surface area (Å²) in [4.78, 5) is 23.5. The Hall–Kier alpha value is -2.08. The van der Waals surface area contributed by atoms with E-state index in [1.54, 1.807) is 6.92 Å². The second-order valence-electron chi connectivity index (χ2n) is 5.00. The number of benzene rings is 1. The lowest BCUT2D eigenvalue weighted by atomic mass is 10.2. The number of carbonyl (C=O) groups excluding carboxylic acids is 2. The Morgan fingerprint density at radius 3 is 2.81 bits per heavy atom. The predicted molar refractivity (Wildman–Crippen MR) is 76.6 cm³/mol. The minimum absolute atomic E-state index is 0.0297. The molecule has 0 unspecified atom stereocenters. The van der Waals surface area contributed by atoms with Gasteiger partial charge in [-0.2, -0.15) is 0 Å². The Morgan fingerprint density at radius 2 is 2.14 bits per heavy atom. The van der Waals surface area contributed by atoms with Crippen LogP contribution < -0.4 is 10.6 Å². The van der Waals surface area contributed by atoms with Gasteiger partial charge in [0.05, 0.1) is 12.6 Å². The van der Waals surface area contributed by atoms with Gasteiger partial charge in [0.15, 0.2) is 0 Å². The molecule has 0 spiro atoms. The van der Waals surface area contributed by atoms with E-state index in [4.69, 9.17) is 9.47 Å². The SMILES string of the molecule is C[C@H](NC(=O)OCc1ccccc1)C(=O)N[C@H]1CCOC1. The molecule has 0 aliphatic carbocycles. The first-order valence-electron chi connectivity index (χ1n) is 7.00. The first-order chi connectivity index (χ1) is 10.1. The Morgan fingerprint density at radius 1 is 1.38 bits per heavy atom. The van der Waals surface area contributed by atoms with Gasteiger partial charge in [-0.3, -0.25) is 4.79 Å². The van der Waals surface area contributed by atoms with Gasteiger partial charge in [-0.15, -0.1) is 0 Å². The Labute approximate surface area is 123 Å². The van der Waals surface area contributed by atoms with Gasteiger partial charge in [0.25, 0.3) is 0 Å². The van der Waals surface area contributed by atoms with Crippen LogP contribution in [0, 0.1) is 0 Å². The molecule has 2 rings (SSSR count). The molecule has 2 atom stereocenters. The molecule has 0 bridgehead atoms. The van der Waals surface area contributed by atoms with Crippen molar-refractivity contribution in [1.82, 2.24) is 10.6 Å². The maximum atomic E-state index is 11.9. The number of amides is 2. The summed E-state index contributed by atoms with van der Waals surface area (Å²) in [5.41, 5.74) is 0.896. The van der Waals surface area contributed by atoms with Crippen molar-refractivity contribution in [2.75, 3.05) is 13.2 Å². The van der Waals surface area contributed by atoms with Crippen LogP contribution in [0.4, 0.5) is 4.79 Å². The summed E-state index contributed by atoms with van der Waals surface area (Å²) in [5, 5.41) is 5.33. The zero-order valence-electron chi connectivity index (χ0n) is 12.0. The van der Waals surface area contributed by atoms with Crippen LogP contribution in [0.5, 0.6) is 0 Å². The van der Waals surface area contributed by atoms with E-state index >= 15 is 0 Å². The van der Waals surface area contributed by atoms with Gasteiger partial charge in [-0.05, 0) is 18.9 Å². The summed E-state index contributed by atoms with van der Waals surface area (Å²) in [5.74, 6) is -0.234. The zero-order chi connectivity index (χ0) is 15.1. The lowest BCUT2D eigenvalue weighted by molar-refractivity contribution is -0.123. The van der Waals surface area contributed by atoms with Gasteiger partial charge in [-0.1, -0.05) is 30.3 Å². The molecule has 1 aliphatic rings. The summed E-state index contributed by atoms with van der Waals surface area (Å²) in [6.45, 7) is 2.98. The van der Waals surface area contributed by atoms with Crippen molar-refractivity contribution >= 4 is 12.0 Å². The summed E-state index contributed by atoms with van der Waals surface area (Å²) >= 11 is 0. The molecule has 6 nitrogen and oxygen atoms in total. The number of carbonyl (C=O) groups is 2. The molecule has 114 valence electrons. The van der Waals surface area contributed by atoms with Crippen LogP contribution in [0.1, 0.15) is 18.9 Å². The number of nitrogens with one attached hydrogen (secondary N) is 2. The van der Waals surface area contributed by atoms with Crippen molar-refractivity contribution in [2.24, 2.45) is 0 Å². The van der Waals surface area contributed by atoms with Crippen LogP contribution in [0.3, 0.4) is 0 Å². The van der Waals surface area contributed by atoms with E-state index in [9.17, 15) is 9.59 Å². The highest BCUT2D eigenvalue weighted by atomic mass is 16.5. The lowest BCUT2D eigenvalue weighted by Crippen LogP contribution is -2.48. The second kappa shape index (κ2) is 7.64. The molecule has 6 heteroatoms. The first kappa shape index (κ1) is 15.3. The van der Waals surface area contributed by atoms with Crippen LogP contribution in [-0.4, -0.2) is 37.3 Å². The van der Waals surface area contributed by atoms with Crippen molar-refractivity contribution in [3.05, 3.63) is 35.9 Å². The highest BCUT2D eigenvalue weighted by Gasteiger charge is 2.22. The fourth-order valence-corrected chi connectivity index (χ4v) is 1.98. The van der Waals surface area contributed by atoms with E-state index in [0.717, 1.165) is 12.0 Å². The summed E-state index contributed by atoms with van der Waals surface area (Å²) in [6.07, 6.45) is 0.195. The van der Waals surface area contributed by atoms with Gasteiger partial charge in [0.2, 0.25) is 5.91 Å². The fraction of sp³-hybridized carbons (Fsp3) is 0.467. The third-order valence-electron chi connectivity index (χ3n) is 3.22. The van der Waals surface area contributed by atoms with Crippen LogP contribution >= 0.6 is 0 Å². The van der Waals surface area contributed by atoms with E-state index in [-0.39, 0.29) is 18.6 Å². The Bertz CT molecular complexity index is 472. The van der Waals surface area contributed by atoms with Crippen molar-refractivity contribution in [1.29, 1.82) is 0 Å². The largest absolute Gasteiger partial charge is 0.445 e. The van der Waals surface area contributed by atoms with E-state index in [0.29, 0.717) is 13.2 Å². The third-order valence-corrected chi connectivity index (χ3v) is 3.22. The second-order valence-corrected chi connectivity index (χ2v) is 5.00. The quantitative estimate of drug-likeness (QED) is 0.855. The van der Waals surface area contributed by atoms with Gasteiger partial charge < -0.3 is 20.1 Å². The van der Waals surface area contributed by atoms with E-state index in [2.05, 4.69) is 10.6 Å². The molecule has 2 N–H and O–H groups in total. The molecule has 0 radical (unpaired) electrons. The number of hydrogen-bond donors (Lipinski definition) is 2. The van der Waals surface area contributed by atoms with Crippen molar-refractivity contribution < 1.29 is 19.1 Å². The average Bonchev–Trinajstić information content (AvgIpc) is 2.99. The standard InChI is InChI=1S/C15H20N2O4/c1-11(14(18)17-13-7-8-20-10-13)16-15(19)21-9-12-5-3-2-4-6-12/h2-6,11,13H,7-10H2,1H3,(H,16,19)(H,17,18)/t11-,13-/m0/s1. The normalized spacial score (nSPS) is 18.8. The maximum absolute atomic E-state index is 11.9. The predicted octanol–water partition coefficient (Wildman–Crippen LogP) is 1.21. The van der Waals surface area contributed by atoms with E-state index in [1.807, 2.05) is 30.3 Å². The molecule has 21 heavy (non-hydrogen) atoms. The molecule has 1 aromatic carbocycles. The smallest absolute Gasteiger partial charge is 0.408 e. The number of ether oxygens (including phenoxy) is 2. The molecule has 1 fully saturated rings. The Kier molecular flexibility index (Phi) is 5.57. The molecular weight excluding hydrogens is 272 g/mol. The highest BCUT2D eigenvalue weighted by molar-refractivity contribution is 5.85. The number of alkyl carbamates (subject to hydrolysis) is 1. The molecule has 1 heterocycles. The molecule has 1 aliphatic heterocycles. The number of rotatable bonds is 5. The van der Waals surface area contributed by atoms with E-state index in [1.165, 1.54) is 0 Å². The van der Waals surface area contributed by atoms with Crippen LogP contribution in [0.2, 0.25) is 0 Å². The minimum atomic E-state index is -0.645. The van der Waals surface area contributed by atoms with Crippen LogP contribution in [-0.2, 0) is 20.9 Å². The maximum Gasteiger partial charge on any atom is 0.408 e. The highest BCUT2D eigenvalue weighted by Crippen LogP contribution is 2.04. The van der Waals surface area contributed by atoms with Crippen molar-refractivity contribution in [2.45, 2.75) is 32.0 Å². The zero-order valence-corrected chi connectivity index (χ0v) is 12.0. The molecule has 2 amide bonds. The summed E-state index contributed by atoms with van der Waals surface area (Å²) in [6, 6.07) is 8.75. The average molecular weight is 292 g/mol. The monoisotopic (exact) mass is 292 g/mol. The van der Waals surface area contributed by atoms with Crippen molar-refractivity contribution in [3.63, 3.8) is 0 Å². The van der Waals surface area contributed by atoms with Gasteiger partial charge in [0, 0.05) is 6.61 Å². The van der Waals surface area contributed by atoms with Gasteiger partial charge in [-0.25, -0.2) is 4.79 Å². The molecule has 1 saturated heterocycles. The van der Waals surface area contributed by atoms with Gasteiger partial charge in [0.1, 0.15) is 12.6 Å². The molecule has 0 aromatic heterocycles. The van der Waals surface area contributed by atoms with E-state index < -0.39 is 12.1 Å². The minimum Gasteiger partial charge on any atom is -0.445 e. The number of hydrogen-bond acceptors (Lipinski definition) is 4. The van der Waals surface area contributed by atoms with Gasteiger partial charge >= 0.3 is 6.09 Å². The molecule has 1 aromatic rings.